The number of carbonyl (C=O) groups is 1. The highest BCUT2D eigenvalue weighted by molar-refractivity contribution is 8.00. The number of hydrogen-bond acceptors (Lipinski definition) is 4. The molecule has 0 saturated carbocycles. The van der Waals surface area contributed by atoms with Crippen molar-refractivity contribution < 1.29 is 22.9 Å². The number of carbonyl (C=O) groups excluding carboxylic acids is 1. The molecule has 8 heteroatoms. The maximum Gasteiger partial charge on any atom is 0.416 e. The maximum atomic E-state index is 12.4. The van der Waals surface area contributed by atoms with Crippen LogP contribution in [0.3, 0.4) is 0 Å². The number of ketones is 1. The van der Waals surface area contributed by atoms with Gasteiger partial charge in [0.2, 0.25) is 0 Å². The monoisotopic (exact) mass is 279 g/mol. The van der Waals surface area contributed by atoms with Crippen molar-refractivity contribution in [3.63, 3.8) is 0 Å². The van der Waals surface area contributed by atoms with Crippen LogP contribution in [0.2, 0.25) is 0 Å². The lowest BCUT2D eigenvalue weighted by molar-refractivity contribution is -0.388. The summed E-state index contributed by atoms with van der Waals surface area (Å²) in [4.78, 5) is 20.6. The van der Waals surface area contributed by atoms with Gasteiger partial charge in [-0.1, -0.05) is 0 Å². The summed E-state index contributed by atoms with van der Waals surface area (Å²) in [5.74, 6) is -0.235. The van der Waals surface area contributed by atoms with Crippen LogP contribution in [0.5, 0.6) is 0 Å². The number of alkyl halides is 3. The first-order valence-electron chi connectivity index (χ1n) is 4.69. The van der Waals surface area contributed by atoms with Gasteiger partial charge in [-0.15, -0.1) is 11.8 Å². The third-order valence-corrected chi connectivity index (χ3v) is 3.12. The van der Waals surface area contributed by atoms with E-state index in [9.17, 15) is 28.1 Å². The van der Waals surface area contributed by atoms with Gasteiger partial charge in [0.05, 0.1) is 21.1 Å². The summed E-state index contributed by atoms with van der Waals surface area (Å²) in [6.07, 6.45) is -4.63. The van der Waals surface area contributed by atoms with E-state index >= 15 is 0 Å². The molecule has 0 aliphatic heterocycles. The van der Waals surface area contributed by atoms with Crippen molar-refractivity contribution >= 4 is 23.2 Å². The zero-order valence-corrected chi connectivity index (χ0v) is 9.97. The van der Waals surface area contributed by atoms with Crippen LogP contribution in [0, 0.1) is 10.1 Å². The minimum Gasteiger partial charge on any atom is -0.299 e. The standard InChI is InChI=1S/C10H8F3NO3S/c1-6(15)5-18-9-3-2-7(10(11,12)13)4-8(9)14(16)17/h2-4H,5H2,1H3. The van der Waals surface area contributed by atoms with Crippen LogP contribution < -0.4 is 0 Å². The van der Waals surface area contributed by atoms with E-state index in [0.29, 0.717) is 6.07 Å². The minimum absolute atomic E-state index is 0.0216. The van der Waals surface area contributed by atoms with Crippen molar-refractivity contribution in [2.45, 2.75) is 18.0 Å². The number of nitrogens with zero attached hydrogens (tertiary/aromatic N) is 1. The van der Waals surface area contributed by atoms with E-state index in [4.69, 9.17) is 0 Å². The summed E-state index contributed by atoms with van der Waals surface area (Å²) in [7, 11) is 0. The van der Waals surface area contributed by atoms with Crippen molar-refractivity contribution in [2.24, 2.45) is 0 Å². The Morgan fingerprint density at radius 2 is 2.06 bits per heavy atom. The molecule has 0 N–H and O–H groups in total. The lowest BCUT2D eigenvalue weighted by atomic mass is 10.2. The number of benzene rings is 1. The fraction of sp³-hybridized carbons (Fsp3) is 0.300. The number of nitro groups is 1. The molecule has 0 bridgehead atoms. The highest BCUT2D eigenvalue weighted by Crippen LogP contribution is 2.36. The molecule has 4 nitrogen and oxygen atoms in total. The first-order chi connectivity index (χ1) is 8.21. The van der Waals surface area contributed by atoms with Gasteiger partial charge in [-0.3, -0.25) is 14.9 Å². The molecule has 0 atom stereocenters. The zero-order chi connectivity index (χ0) is 13.9. The van der Waals surface area contributed by atoms with Crippen LogP contribution >= 0.6 is 11.8 Å². The van der Waals surface area contributed by atoms with E-state index in [1.54, 1.807) is 0 Å². The molecular weight excluding hydrogens is 271 g/mol. The molecule has 0 amide bonds. The van der Waals surface area contributed by atoms with E-state index in [1.165, 1.54) is 6.92 Å². The lowest BCUT2D eigenvalue weighted by Gasteiger charge is -2.08. The molecule has 98 valence electrons. The van der Waals surface area contributed by atoms with Crippen molar-refractivity contribution in [3.05, 3.63) is 33.9 Å². The van der Waals surface area contributed by atoms with Crippen LogP contribution in [0.25, 0.3) is 0 Å². The molecule has 0 radical (unpaired) electrons. The third kappa shape index (κ3) is 3.73. The van der Waals surface area contributed by atoms with Crippen LogP contribution in [-0.4, -0.2) is 16.5 Å². The first kappa shape index (κ1) is 14.5. The summed E-state index contributed by atoms with van der Waals surface area (Å²) < 4.78 is 37.2. The summed E-state index contributed by atoms with van der Waals surface area (Å²) >= 11 is 0.844. The second-order valence-corrected chi connectivity index (χ2v) is 4.45. The normalized spacial score (nSPS) is 11.3. The van der Waals surface area contributed by atoms with Crippen molar-refractivity contribution in [1.82, 2.24) is 0 Å². The van der Waals surface area contributed by atoms with Gasteiger partial charge in [-0.25, -0.2) is 0 Å². The molecule has 0 aromatic heterocycles. The van der Waals surface area contributed by atoms with Gasteiger partial charge in [-0.05, 0) is 19.1 Å². The summed E-state index contributed by atoms with van der Waals surface area (Å²) in [5, 5.41) is 10.7. The average molecular weight is 279 g/mol. The molecule has 0 unspecified atom stereocenters. The molecular formula is C10H8F3NO3S. The van der Waals surface area contributed by atoms with E-state index in [0.717, 1.165) is 23.9 Å². The largest absolute Gasteiger partial charge is 0.416 e. The molecule has 1 rings (SSSR count). The predicted octanol–water partition coefficient (Wildman–Crippen LogP) is 3.29. The molecule has 0 aliphatic rings. The smallest absolute Gasteiger partial charge is 0.299 e. The fourth-order valence-electron chi connectivity index (χ4n) is 1.14. The Morgan fingerprint density at radius 3 is 2.50 bits per heavy atom. The van der Waals surface area contributed by atoms with Gasteiger partial charge in [0.1, 0.15) is 5.78 Å². The van der Waals surface area contributed by atoms with Gasteiger partial charge in [0.25, 0.3) is 5.69 Å². The Morgan fingerprint density at radius 1 is 1.44 bits per heavy atom. The molecule has 18 heavy (non-hydrogen) atoms. The quantitative estimate of drug-likeness (QED) is 0.482. The molecule has 1 aromatic rings. The van der Waals surface area contributed by atoms with Crippen LogP contribution in [-0.2, 0) is 11.0 Å². The van der Waals surface area contributed by atoms with Gasteiger partial charge in [-0.2, -0.15) is 13.2 Å². The van der Waals surface area contributed by atoms with Crippen LogP contribution in [0.1, 0.15) is 12.5 Å². The third-order valence-electron chi connectivity index (χ3n) is 1.91. The van der Waals surface area contributed by atoms with Gasteiger partial charge in [0.15, 0.2) is 0 Å². The summed E-state index contributed by atoms with van der Waals surface area (Å²) in [6, 6.07) is 2.24. The van der Waals surface area contributed by atoms with Crippen molar-refractivity contribution in [1.29, 1.82) is 0 Å². The van der Waals surface area contributed by atoms with Crippen LogP contribution in [0.15, 0.2) is 23.1 Å². The zero-order valence-electron chi connectivity index (χ0n) is 9.15. The molecule has 0 heterocycles. The number of hydrogen-bond donors (Lipinski definition) is 0. The molecule has 0 fully saturated rings. The Kier molecular flexibility index (Phi) is 4.33. The van der Waals surface area contributed by atoms with E-state index in [-0.39, 0.29) is 16.4 Å². The summed E-state index contributed by atoms with van der Waals surface area (Å²) in [5.41, 5.74) is -1.72. The minimum atomic E-state index is -4.63. The topological polar surface area (TPSA) is 60.2 Å². The number of nitro benzene ring substituents is 1. The first-order valence-corrected chi connectivity index (χ1v) is 5.68. The number of halogens is 3. The Labute approximate surface area is 104 Å². The van der Waals surface area contributed by atoms with Gasteiger partial charge >= 0.3 is 6.18 Å². The second-order valence-electron chi connectivity index (χ2n) is 3.43. The number of thioether (sulfide) groups is 1. The molecule has 0 aliphatic carbocycles. The molecule has 1 aromatic carbocycles. The van der Waals surface area contributed by atoms with E-state index < -0.39 is 22.4 Å². The lowest BCUT2D eigenvalue weighted by Crippen LogP contribution is -2.06. The Balaban J connectivity index is 3.13. The highest BCUT2D eigenvalue weighted by Gasteiger charge is 2.33. The van der Waals surface area contributed by atoms with Gasteiger partial charge in [0, 0.05) is 6.07 Å². The second kappa shape index (κ2) is 5.38. The molecule has 0 spiro atoms. The van der Waals surface area contributed by atoms with Gasteiger partial charge < -0.3 is 0 Å². The fourth-order valence-corrected chi connectivity index (χ4v) is 1.94. The van der Waals surface area contributed by atoms with Crippen molar-refractivity contribution in [2.75, 3.05) is 5.75 Å². The Bertz CT molecular complexity index is 488. The predicted molar refractivity (Wildman–Crippen MR) is 59.5 cm³/mol. The maximum absolute atomic E-state index is 12.4. The SMILES string of the molecule is CC(=O)CSc1ccc(C(F)(F)F)cc1[N+](=O)[O-]. The number of rotatable bonds is 4. The van der Waals surface area contributed by atoms with E-state index in [1.807, 2.05) is 0 Å². The Hall–Kier alpha value is -1.57. The highest BCUT2D eigenvalue weighted by atomic mass is 32.2. The van der Waals surface area contributed by atoms with Crippen LogP contribution in [0.4, 0.5) is 18.9 Å². The molecule has 0 saturated heterocycles. The summed E-state index contributed by atoms with van der Waals surface area (Å²) in [6.45, 7) is 1.29. The number of Topliss-reactive ketones (excluding diaryl/α,β-unsaturated/α-hetero) is 1. The average Bonchev–Trinajstić information content (AvgIpc) is 2.24. The van der Waals surface area contributed by atoms with Crippen molar-refractivity contribution in [3.8, 4) is 0 Å². The van der Waals surface area contributed by atoms with E-state index in [2.05, 4.69) is 0 Å².